The summed E-state index contributed by atoms with van der Waals surface area (Å²) in [7, 11) is 0. The monoisotopic (exact) mass is 343 g/mol. The van der Waals surface area contributed by atoms with Crippen LogP contribution in [0.2, 0.25) is 0 Å². The van der Waals surface area contributed by atoms with Crippen molar-refractivity contribution in [2.75, 3.05) is 22.2 Å². The number of hydrogen-bond donors (Lipinski definition) is 3. The third-order valence-corrected chi connectivity index (χ3v) is 4.04. The first-order chi connectivity index (χ1) is 11.5. The average Bonchev–Trinajstić information content (AvgIpc) is 2.56. The van der Waals surface area contributed by atoms with Gasteiger partial charge in [-0.2, -0.15) is 0 Å². The molecule has 2 rings (SSSR count). The lowest BCUT2D eigenvalue weighted by atomic mass is 10.2. The molecule has 0 radical (unpaired) electrons. The second-order valence-electron chi connectivity index (χ2n) is 5.35. The Balaban J connectivity index is 1.94. The number of nitrogens with one attached hydrogen (secondary N) is 3. The number of thioether (sulfide) groups is 1. The number of rotatable bonds is 6. The maximum Gasteiger partial charge on any atom is 0.246 e. The Kier molecular flexibility index (Phi) is 6.26. The molecule has 6 heteroatoms. The molecule has 1 atom stereocenters. The van der Waals surface area contributed by atoms with Gasteiger partial charge < -0.3 is 16.0 Å². The smallest absolute Gasteiger partial charge is 0.246 e. The second-order valence-corrected chi connectivity index (χ2v) is 6.23. The number of hydrogen-bond acceptors (Lipinski definition) is 4. The van der Waals surface area contributed by atoms with Gasteiger partial charge in [0.15, 0.2) is 0 Å². The normalized spacial score (nSPS) is 11.5. The standard InChI is InChI=1S/C18H21N3O2S/c1-12(19-16-5-4-6-17(11-16)24-3)18(23)21-15-9-7-14(8-10-15)20-13(2)22/h4-12,19H,1-3H3,(H,20,22)(H,21,23)/t12-/m1/s1. The first-order valence-electron chi connectivity index (χ1n) is 7.57. The predicted octanol–water partition coefficient (Wildman–Crippen LogP) is 3.81. The molecule has 5 nitrogen and oxygen atoms in total. The summed E-state index contributed by atoms with van der Waals surface area (Å²) >= 11 is 1.66. The Morgan fingerprint density at radius 1 is 0.958 bits per heavy atom. The molecule has 0 aliphatic rings. The highest BCUT2D eigenvalue weighted by atomic mass is 32.2. The molecule has 2 aromatic rings. The maximum absolute atomic E-state index is 12.3. The fraction of sp³-hybridized carbons (Fsp3) is 0.222. The number of carbonyl (C=O) groups is 2. The fourth-order valence-electron chi connectivity index (χ4n) is 2.12. The van der Waals surface area contributed by atoms with Gasteiger partial charge >= 0.3 is 0 Å². The van der Waals surface area contributed by atoms with Gasteiger partial charge in [-0.3, -0.25) is 9.59 Å². The molecule has 2 amide bonds. The van der Waals surface area contributed by atoms with Crippen LogP contribution in [0.3, 0.4) is 0 Å². The molecule has 0 saturated carbocycles. The van der Waals surface area contributed by atoms with Crippen molar-refractivity contribution < 1.29 is 9.59 Å². The van der Waals surface area contributed by atoms with Crippen LogP contribution in [-0.2, 0) is 9.59 Å². The van der Waals surface area contributed by atoms with E-state index in [1.54, 1.807) is 36.0 Å². The van der Waals surface area contributed by atoms with E-state index in [2.05, 4.69) is 16.0 Å². The predicted molar refractivity (Wildman–Crippen MR) is 101 cm³/mol. The van der Waals surface area contributed by atoms with Gasteiger partial charge in [0.05, 0.1) is 0 Å². The van der Waals surface area contributed by atoms with Gasteiger partial charge in [0.25, 0.3) is 0 Å². The van der Waals surface area contributed by atoms with E-state index < -0.39 is 0 Å². The van der Waals surface area contributed by atoms with E-state index >= 15 is 0 Å². The molecule has 0 saturated heterocycles. The van der Waals surface area contributed by atoms with Gasteiger partial charge in [0.1, 0.15) is 6.04 Å². The van der Waals surface area contributed by atoms with E-state index in [9.17, 15) is 9.59 Å². The fourth-order valence-corrected chi connectivity index (χ4v) is 2.58. The van der Waals surface area contributed by atoms with Crippen molar-refractivity contribution in [2.45, 2.75) is 24.8 Å². The van der Waals surface area contributed by atoms with Gasteiger partial charge in [-0.15, -0.1) is 11.8 Å². The first kappa shape index (κ1) is 17.9. The lowest BCUT2D eigenvalue weighted by Crippen LogP contribution is -2.31. The Labute approximate surface area is 146 Å². The molecule has 0 unspecified atom stereocenters. The number of benzene rings is 2. The van der Waals surface area contributed by atoms with E-state index in [0.717, 1.165) is 10.6 Å². The van der Waals surface area contributed by atoms with Crippen LogP contribution in [0.15, 0.2) is 53.4 Å². The van der Waals surface area contributed by atoms with Crippen molar-refractivity contribution in [3.05, 3.63) is 48.5 Å². The van der Waals surface area contributed by atoms with E-state index in [4.69, 9.17) is 0 Å². The largest absolute Gasteiger partial charge is 0.374 e. The van der Waals surface area contributed by atoms with Gasteiger partial charge in [0.2, 0.25) is 11.8 Å². The van der Waals surface area contributed by atoms with Crippen LogP contribution < -0.4 is 16.0 Å². The highest BCUT2D eigenvalue weighted by Gasteiger charge is 2.13. The summed E-state index contributed by atoms with van der Waals surface area (Å²) in [6.07, 6.45) is 2.01. The van der Waals surface area contributed by atoms with E-state index in [1.807, 2.05) is 37.4 Å². The highest BCUT2D eigenvalue weighted by Crippen LogP contribution is 2.20. The van der Waals surface area contributed by atoms with E-state index in [0.29, 0.717) is 11.4 Å². The lowest BCUT2D eigenvalue weighted by molar-refractivity contribution is -0.116. The van der Waals surface area contributed by atoms with Gasteiger partial charge in [-0.1, -0.05) is 6.07 Å². The van der Waals surface area contributed by atoms with E-state index in [1.165, 1.54) is 6.92 Å². The van der Waals surface area contributed by atoms with Crippen LogP contribution in [0.25, 0.3) is 0 Å². The minimum Gasteiger partial charge on any atom is -0.374 e. The molecule has 3 N–H and O–H groups in total. The summed E-state index contributed by atoms with van der Waals surface area (Å²) in [6, 6.07) is 14.6. The zero-order valence-electron chi connectivity index (χ0n) is 13.9. The third kappa shape index (κ3) is 5.31. The Morgan fingerprint density at radius 2 is 1.58 bits per heavy atom. The molecule has 0 spiro atoms. The number of anilines is 3. The van der Waals surface area contributed by atoms with E-state index in [-0.39, 0.29) is 17.9 Å². The van der Waals surface area contributed by atoms with Crippen molar-refractivity contribution in [3.63, 3.8) is 0 Å². The van der Waals surface area contributed by atoms with Gasteiger partial charge in [-0.05, 0) is 55.6 Å². The third-order valence-electron chi connectivity index (χ3n) is 3.32. The molecular weight excluding hydrogens is 322 g/mol. The molecule has 0 heterocycles. The summed E-state index contributed by atoms with van der Waals surface area (Å²) in [4.78, 5) is 24.4. The molecule has 0 fully saturated rings. The summed E-state index contributed by atoms with van der Waals surface area (Å²) in [5.74, 6) is -0.256. The van der Waals surface area contributed by atoms with Crippen LogP contribution >= 0.6 is 11.8 Å². The van der Waals surface area contributed by atoms with Gasteiger partial charge in [0, 0.05) is 28.9 Å². The molecule has 2 aromatic carbocycles. The van der Waals surface area contributed by atoms with Crippen molar-refractivity contribution in [1.82, 2.24) is 0 Å². The lowest BCUT2D eigenvalue weighted by Gasteiger charge is -2.16. The number of carbonyl (C=O) groups excluding carboxylic acids is 2. The SMILES string of the molecule is CSc1cccc(N[C@H](C)C(=O)Nc2ccc(NC(C)=O)cc2)c1. The first-order valence-corrected chi connectivity index (χ1v) is 8.79. The Bertz CT molecular complexity index is 716. The Hall–Kier alpha value is -2.47. The second kappa shape index (κ2) is 8.40. The average molecular weight is 343 g/mol. The summed E-state index contributed by atoms with van der Waals surface area (Å²) < 4.78 is 0. The zero-order chi connectivity index (χ0) is 17.5. The summed E-state index contributed by atoms with van der Waals surface area (Å²) in [5.41, 5.74) is 2.28. The van der Waals surface area contributed by atoms with Crippen LogP contribution in [-0.4, -0.2) is 24.1 Å². The Morgan fingerprint density at radius 3 is 2.17 bits per heavy atom. The molecule has 0 aliphatic carbocycles. The summed E-state index contributed by atoms with van der Waals surface area (Å²) in [6.45, 7) is 3.27. The molecular formula is C18H21N3O2S. The number of amides is 2. The zero-order valence-corrected chi connectivity index (χ0v) is 14.7. The van der Waals surface area contributed by atoms with Crippen LogP contribution in [0.4, 0.5) is 17.1 Å². The van der Waals surface area contributed by atoms with Crippen molar-refractivity contribution >= 4 is 40.6 Å². The van der Waals surface area contributed by atoms with Crippen molar-refractivity contribution in [2.24, 2.45) is 0 Å². The van der Waals surface area contributed by atoms with Crippen LogP contribution in [0.1, 0.15) is 13.8 Å². The summed E-state index contributed by atoms with van der Waals surface area (Å²) in [5, 5.41) is 8.73. The maximum atomic E-state index is 12.3. The van der Waals surface area contributed by atoms with Crippen LogP contribution in [0.5, 0.6) is 0 Å². The van der Waals surface area contributed by atoms with Gasteiger partial charge in [-0.25, -0.2) is 0 Å². The molecule has 126 valence electrons. The quantitative estimate of drug-likeness (QED) is 0.698. The highest BCUT2D eigenvalue weighted by molar-refractivity contribution is 7.98. The minimum absolute atomic E-state index is 0.128. The molecule has 0 aromatic heterocycles. The van der Waals surface area contributed by atoms with Crippen LogP contribution in [0, 0.1) is 0 Å². The molecule has 0 bridgehead atoms. The van der Waals surface area contributed by atoms with Crippen molar-refractivity contribution in [1.29, 1.82) is 0 Å². The minimum atomic E-state index is -0.378. The topological polar surface area (TPSA) is 70.2 Å². The molecule has 24 heavy (non-hydrogen) atoms. The van der Waals surface area contributed by atoms with Crippen molar-refractivity contribution in [3.8, 4) is 0 Å². The molecule has 0 aliphatic heterocycles.